The second kappa shape index (κ2) is 6.54. The molecule has 1 saturated heterocycles. The Morgan fingerprint density at radius 2 is 2.11 bits per heavy atom. The molecule has 19 heavy (non-hydrogen) atoms. The summed E-state index contributed by atoms with van der Waals surface area (Å²) >= 11 is 0. The van der Waals surface area contributed by atoms with E-state index in [2.05, 4.69) is 12.2 Å². The van der Waals surface area contributed by atoms with Crippen LogP contribution in [0.15, 0.2) is 0 Å². The van der Waals surface area contributed by atoms with E-state index in [1.807, 2.05) is 6.92 Å². The first-order valence-electron chi connectivity index (χ1n) is 6.69. The van der Waals surface area contributed by atoms with Gasteiger partial charge in [0.15, 0.2) is 0 Å². The maximum absolute atomic E-state index is 11.9. The number of hydrogen-bond donors (Lipinski definition) is 2. The molecular formula is C13H22N2O4. The highest BCUT2D eigenvalue weighted by Gasteiger charge is 2.36. The molecule has 1 aliphatic rings. The Labute approximate surface area is 113 Å². The number of carbonyl (C=O) groups is 3. The Kier molecular flexibility index (Phi) is 5.32. The lowest BCUT2D eigenvalue weighted by molar-refractivity contribution is -0.141. The van der Waals surface area contributed by atoms with E-state index in [0.29, 0.717) is 6.54 Å². The number of carboxylic acid groups (broad SMARTS) is 1. The molecule has 0 aromatic carbocycles. The number of carbonyl (C=O) groups excluding carboxylic acids is 2. The Hall–Kier alpha value is -1.59. The zero-order valence-corrected chi connectivity index (χ0v) is 11.7. The Bertz CT molecular complexity index is 370. The van der Waals surface area contributed by atoms with Crippen molar-refractivity contribution >= 4 is 17.8 Å². The van der Waals surface area contributed by atoms with E-state index in [-0.39, 0.29) is 24.3 Å². The van der Waals surface area contributed by atoms with Crippen LogP contribution in [0.4, 0.5) is 0 Å². The molecule has 0 aliphatic carbocycles. The summed E-state index contributed by atoms with van der Waals surface area (Å²) in [6.45, 7) is 5.82. The predicted molar refractivity (Wildman–Crippen MR) is 69.4 cm³/mol. The molecule has 1 rings (SSSR count). The molecule has 2 N–H and O–H groups in total. The fourth-order valence-electron chi connectivity index (χ4n) is 2.30. The maximum Gasteiger partial charge on any atom is 0.325 e. The van der Waals surface area contributed by atoms with Gasteiger partial charge >= 0.3 is 5.97 Å². The summed E-state index contributed by atoms with van der Waals surface area (Å²) in [6, 6.07) is -0.795. The molecule has 0 spiro atoms. The minimum atomic E-state index is -1.08. The van der Waals surface area contributed by atoms with Crippen LogP contribution in [0.5, 0.6) is 0 Å². The standard InChI is InChI=1S/C13H22N2O4/c1-4-5-8(2)15-7-10(6-11(15)16)12(17)14-9(3)13(18)19/h8-10H,4-7H2,1-3H3,(H,14,17)(H,18,19)/t8?,9-,10?/m0/s1. The number of carboxylic acids is 1. The second-order valence-electron chi connectivity index (χ2n) is 5.15. The van der Waals surface area contributed by atoms with Crippen molar-refractivity contribution in [3.05, 3.63) is 0 Å². The van der Waals surface area contributed by atoms with Crippen LogP contribution in [-0.4, -0.2) is 46.4 Å². The number of rotatable bonds is 6. The first kappa shape index (κ1) is 15.5. The van der Waals surface area contributed by atoms with E-state index in [1.165, 1.54) is 6.92 Å². The maximum atomic E-state index is 11.9. The van der Waals surface area contributed by atoms with Crippen LogP contribution in [0.25, 0.3) is 0 Å². The molecule has 1 aliphatic heterocycles. The normalized spacial score (nSPS) is 22.2. The molecule has 0 aromatic heterocycles. The highest BCUT2D eigenvalue weighted by Crippen LogP contribution is 2.22. The van der Waals surface area contributed by atoms with Crippen molar-refractivity contribution in [1.82, 2.24) is 10.2 Å². The topological polar surface area (TPSA) is 86.7 Å². The number of nitrogens with zero attached hydrogens (tertiary/aromatic N) is 1. The van der Waals surface area contributed by atoms with E-state index in [0.717, 1.165) is 12.8 Å². The number of likely N-dealkylation sites (tertiary alicyclic amines) is 1. The van der Waals surface area contributed by atoms with Crippen molar-refractivity contribution in [3.8, 4) is 0 Å². The van der Waals surface area contributed by atoms with Crippen molar-refractivity contribution in [3.63, 3.8) is 0 Å². The molecule has 1 fully saturated rings. The van der Waals surface area contributed by atoms with Gasteiger partial charge in [-0.05, 0) is 20.3 Å². The van der Waals surface area contributed by atoms with E-state index in [1.54, 1.807) is 4.90 Å². The van der Waals surface area contributed by atoms with E-state index in [4.69, 9.17) is 5.11 Å². The summed E-state index contributed by atoms with van der Waals surface area (Å²) in [5.74, 6) is -1.89. The van der Waals surface area contributed by atoms with Gasteiger partial charge in [0.05, 0.1) is 5.92 Å². The van der Waals surface area contributed by atoms with Crippen LogP contribution < -0.4 is 5.32 Å². The number of amides is 2. The summed E-state index contributed by atoms with van der Waals surface area (Å²) in [4.78, 5) is 36.1. The summed E-state index contributed by atoms with van der Waals surface area (Å²) in [7, 11) is 0. The minimum Gasteiger partial charge on any atom is -0.480 e. The van der Waals surface area contributed by atoms with Gasteiger partial charge in [-0.3, -0.25) is 14.4 Å². The minimum absolute atomic E-state index is 0.0240. The number of aliphatic carboxylic acids is 1. The van der Waals surface area contributed by atoms with Crippen LogP contribution in [0.3, 0.4) is 0 Å². The van der Waals surface area contributed by atoms with Gasteiger partial charge in [-0.2, -0.15) is 0 Å². The third kappa shape index (κ3) is 3.94. The van der Waals surface area contributed by atoms with Gasteiger partial charge in [-0.15, -0.1) is 0 Å². The van der Waals surface area contributed by atoms with E-state index >= 15 is 0 Å². The van der Waals surface area contributed by atoms with Gasteiger partial charge in [-0.25, -0.2) is 0 Å². The summed E-state index contributed by atoms with van der Waals surface area (Å²) in [5, 5.41) is 11.2. The molecule has 6 nitrogen and oxygen atoms in total. The second-order valence-corrected chi connectivity index (χ2v) is 5.15. The molecular weight excluding hydrogens is 248 g/mol. The summed E-state index contributed by atoms with van der Waals surface area (Å²) in [6.07, 6.45) is 2.07. The van der Waals surface area contributed by atoms with Crippen molar-refractivity contribution in [2.45, 2.75) is 52.1 Å². The molecule has 3 atom stereocenters. The van der Waals surface area contributed by atoms with Gasteiger partial charge in [0.2, 0.25) is 11.8 Å². The highest BCUT2D eigenvalue weighted by molar-refractivity contribution is 5.91. The molecule has 0 saturated carbocycles. The van der Waals surface area contributed by atoms with Crippen molar-refractivity contribution in [2.75, 3.05) is 6.54 Å². The van der Waals surface area contributed by atoms with Gasteiger partial charge in [-0.1, -0.05) is 13.3 Å². The average Bonchev–Trinajstić information content (AvgIpc) is 2.71. The predicted octanol–water partition coefficient (Wildman–Crippen LogP) is 0.613. The fourth-order valence-corrected chi connectivity index (χ4v) is 2.30. The zero-order valence-electron chi connectivity index (χ0n) is 11.7. The van der Waals surface area contributed by atoms with Crippen LogP contribution >= 0.6 is 0 Å². The largest absolute Gasteiger partial charge is 0.480 e. The molecule has 0 bridgehead atoms. The third-order valence-corrected chi connectivity index (χ3v) is 3.50. The summed E-state index contributed by atoms with van der Waals surface area (Å²) in [5.41, 5.74) is 0. The van der Waals surface area contributed by atoms with E-state index < -0.39 is 17.9 Å². The van der Waals surface area contributed by atoms with Crippen LogP contribution in [0.1, 0.15) is 40.0 Å². The molecule has 6 heteroatoms. The zero-order chi connectivity index (χ0) is 14.6. The van der Waals surface area contributed by atoms with Gasteiger partial charge in [0, 0.05) is 19.0 Å². The van der Waals surface area contributed by atoms with Gasteiger partial charge < -0.3 is 15.3 Å². The Morgan fingerprint density at radius 1 is 1.47 bits per heavy atom. The molecule has 1 heterocycles. The fraction of sp³-hybridized carbons (Fsp3) is 0.769. The van der Waals surface area contributed by atoms with Crippen LogP contribution in [-0.2, 0) is 14.4 Å². The molecule has 2 amide bonds. The summed E-state index contributed by atoms with van der Waals surface area (Å²) < 4.78 is 0. The molecule has 2 unspecified atom stereocenters. The SMILES string of the molecule is CCCC(C)N1CC(C(=O)N[C@@H](C)C(=O)O)CC1=O. The van der Waals surface area contributed by atoms with Crippen LogP contribution in [0.2, 0.25) is 0 Å². The smallest absolute Gasteiger partial charge is 0.325 e. The Morgan fingerprint density at radius 3 is 2.63 bits per heavy atom. The Balaban J connectivity index is 2.56. The molecule has 108 valence electrons. The average molecular weight is 270 g/mol. The number of nitrogens with one attached hydrogen (secondary N) is 1. The molecule has 0 aromatic rings. The van der Waals surface area contributed by atoms with E-state index in [9.17, 15) is 14.4 Å². The van der Waals surface area contributed by atoms with Gasteiger partial charge in [0.1, 0.15) is 6.04 Å². The van der Waals surface area contributed by atoms with Gasteiger partial charge in [0.25, 0.3) is 0 Å². The third-order valence-electron chi connectivity index (χ3n) is 3.50. The van der Waals surface area contributed by atoms with Crippen molar-refractivity contribution < 1.29 is 19.5 Å². The van der Waals surface area contributed by atoms with Crippen molar-refractivity contribution in [2.24, 2.45) is 5.92 Å². The quantitative estimate of drug-likeness (QED) is 0.740. The first-order valence-corrected chi connectivity index (χ1v) is 6.69. The monoisotopic (exact) mass is 270 g/mol. The lowest BCUT2D eigenvalue weighted by Gasteiger charge is -2.24. The van der Waals surface area contributed by atoms with Crippen molar-refractivity contribution in [1.29, 1.82) is 0 Å². The highest BCUT2D eigenvalue weighted by atomic mass is 16.4. The molecule has 0 radical (unpaired) electrons. The van der Waals surface area contributed by atoms with Crippen LogP contribution in [0, 0.1) is 5.92 Å². The lowest BCUT2D eigenvalue weighted by atomic mass is 10.1. The lowest BCUT2D eigenvalue weighted by Crippen LogP contribution is -2.42. The first-order chi connectivity index (χ1) is 8.86. The number of hydrogen-bond acceptors (Lipinski definition) is 3.